The average molecular weight is 993 g/mol. The number of nitrogen functional groups attached to an aromatic ring is 3. The number of hydrogen-bond donors (Lipinski definition) is 9. The van der Waals surface area contributed by atoms with Crippen LogP contribution in [0.2, 0.25) is 0 Å². The summed E-state index contributed by atoms with van der Waals surface area (Å²) in [5.41, 5.74) is 17.5. The number of nitrogens with one attached hydrogen (secondary N) is 1. The van der Waals surface area contributed by atoms with Gasteiger partial charge in [0.25, 0.3) is 0 Å². The van der Waals surface area contributed by atoms with Crippen molar-refractivity contribution in [1.82, 2.24) is 34.4 Å². The Hall–Kier alpha value is -4.45. The predicted molar refractivity (Wildman–Crippen MR) is 229 cm³/mol. The molecular formula is C34H46N10O17P2S2. The van der Waals surface area contributed by atoms with E-state index in [-0.39, 0.29) is 39.9 Å². The molecule has 12 N–H and O–H groups in total. The largest absolute Gasteiger partial charge is 0.472 e. The zero-order valence-electron chi connectivity index (χ0n) is 34.4. The number of hydrogen-bond acceptors (Lipinski definition) is 23. The van der Waals surface area contributed by atoms with E-state index in [1.165, 1.54) is 38.5 Å². The highest BCUT2D eigenvalue weighted by molar-refractivity contribution is 8.77. The van der Waals surface area contributed by atoms with Gasteiger partial charge in [-0.3, -0.25) is 22.7 Å². The van der Waals surface area contributed by atoms with Gasteiger partial charge in [-0.15, -0.1) is 0 Å². The van der Waals surface area contributed by atoms with Gasteiger partial charge < -0.3 is 66.4 Å². The molecule has 0 saturated carbocycles. The molecule has 5 heterocycles. The number of ether oxygens (including phenoxy) is 4. The third-order valence-electron chi connectivity index (χ3n) is 9.19. The molecule has 2 saturated heterocycles. The van der Waals surface area contributed by atoms with Gasteiger partial charge in [-0.05, 0) is 23.8 Å². The number of aliphatic hydroxyl groups is 2. The van der Waals surface area contributed by atoms with Crippen molar-refractivity contribution in [2.45, 2.75) is 87.2 Å². The summed E-state index contributed by atoms with van der Waals surface area (Å²) in [5, 5.41) is 25.4. The van der Waals surface area contributed by atoms with E-state index in [0.29, 0.717) is 11.3 Å². The van der Waals surface area contributed by atoms with E-state index in [4.69, 9.17) is 45.2 Å². The van der Waals surface area contributed by atoms with Crippen molar-refractivity contribution < 1.29 is 76.1 Å². The van der Waals surface area contributed by atoms with Gasteiger partial charge in [-0.2, -0.15) is 4.98 Å². The second kappa shape index (κ2) is 20.6. The van der Waals surface area contributed by atoms with Gasteiger partial charge in [-0.1, -0.05) is 54.5 Å². The summed E-state index contributed by atoms with van der Waals surface area (Å²) in [6.07, 6.45) is -11.6. The molecule has 2 aliphatic rings. The first-order valence-corrected chi connectivity index (χ1v) is 24.4. The van der Waals surface area contributed by atoms with Gasteiger partial charge in [0.1, 0.15) is 60.8 Å². The van der Waals surface area contributed by atoms with E-state index >= 15 is 0 Å². The number of imidazole rings is 1. The Morgan fingerprint density at radius 3 is 2.23 bits per heavy atom. The molecule has 1 aromatic carbocycles. The third kappa shape index (κ3) is 13.1. The minimum absolute atomic E-state index is 0.0207. The number of alkyl carbamates (subject to hydrolysis) is 1. The van der Waals surface area contributed by atoms with Gasteiger partial charge in [0.2, 0.25) is 0 Å². The zero-order chi connectivity index (χ0) is 47.4. The molecule has 2 fully saturated rings. The Morgan fingerprint density at radius 2 is 1.57 bits per heavy atom. The van der Waals surface area contributed by atoms with Crippen LogP contribution in [0.1, 0.15) is 38.8 Å². The summed E-state index contributed by atoms with van der Waals surface area (Å²) in [6, 6.07) is 6.29. The molecule has 65 heavy (non-hydrogen) atoms. The molecular weight excluding hydrogens is 947 g/mol. The van der Waals surface area contributed by atoms with Crippen molar-refractivity contribution in [3.63, 3.8) is 0 Å². The van der Waals surface area contributed by atoms with E-state index in [1.807, 2.05) is 20.8 Å². The van der Waals surface area contributed by atoms with Crippen LogP contribution in [-0.2, 0) is 53.1 Å². The Labute approximate surface area is 375 Å². The van der Waals surface area contributed by atoms with Crippen molar-refractivity contribution in [3.05, 3.63) is 65.2 Å². The van der Waals surface area contributed by atoms with E-state index in [0.717, 1.165) is 17.1 Å². The number of nitrogens with two attached hydrogens (primary N) is 3. The topological polar surface area (TPSA) is 403 Å². The number of rotatable bonds is 18. The molecule has 0 radical (unpaired) electrons. The normalized spacial score (nSPS) is 25.0. The highest BCUT2D eigenvalue weighted by atomic mass is 33.1. The monoisotopic (exact) mass is 992 g/mol. The summed E-state index contributed by atoms with van der Waals surface area (Å²) in [5.74, 6) is -1.36. The van der Waals surface area contributed by atoms with Crippen LogP contribution in [0.5, 0.6) is 0 Å². The molecule has 6 rings (SSSR count). The maximum Gasteiger partial charge on any atom is 0.472 e. The molecule has 27 nitrogen and oxygen atoms in total. The lowest BCUT2D eigenvalue weighted by molar-refractivity contribution is -0.158. The fraction of sp³-hybridized carbons (Fsp3) is 0.500. The number of amides is 1. The Bertz CT molecular complexity index is 2480. The summed E-state index contributed by atoms with van der Waals surface area (Å²) in [7, 11) is -8.00. The number of anilines is 3. The second-order valence-corrected chi connectivity index (χ2v) is 21.1. The minimum Gasteiger partial charge on any atom is -0.455 e. The van der Waals surface area contributed by atoms with Gasteiger partial charge in [-0.25, -0.2) is 38.5 Å². The van der Waals surface area contributed by atoms with Crippen LogP contribution in [0.4, 0.5) is 22.1 Å². The molecule has 0 bridgehead atoms. The quantitative estimate of drug-likeness (QED) is 0.0281. The van der Waals surface area contributed by atoms with Gasteiger partial charge in [0, 0.05) is 22.4 Å². The van der Waals surface area contributed by atoms with Crippen molar-refractivity contribution >= 4 is 77.8 Å². The number of aliphatic hydroxyl groups excluding tert-OH is 2. The number of phosphoric acid groups is 2. The van der Waals surface area contributed by atoms with Crippen LogP contribution in [0.15, 0.2) is 54.0 Å². The van der Waals surface area contributed by atoms with Crippen LogP contribution < -0.4 is 28.2 Å². The highest BCUT2D eigenvalue weighted by Gasteiger charge is 2.52. The molecule has 0 spiro atoms. The zero-order valence-corrected chi connectivity index (χ0v) is 37.8. The van der Waals surface area contributed by atoms with Gasteiger partial charge in [0.15, 0.2) is 30.0 Å². The number of phosphoric ester groups is 2. The SMILES string of the molecule is CC(C)(C)SSC[C@H](NC(=O)OCc1ccc(N)cc1)C(=O)O[C@H]1[C@@H](O)[C@H](n2cnc3c(N)ncnc32)O[C@@H]1COP(=O)(O)O[C@H]1[C@@H](O)[C@H](n2ccc(N)nc2=O)O[C@@H]1COP(=O)(O)O. The predicted octanol–water partition coefficient (Wildman–Crippen LogP) is 0.345. The van der Waals surface area contributed by atoms with Crippen LogP contribution >= 0.6 is 37.2 Å². The molecule has 0 aliphatic carbocycles. The fourth-order valence-electron chi connectivity index (χ4n) is 6.25. The van der Waals surface area contributed by atoms with E-state index in [2.05, 4.69) is 29.8 Å². The maximum absolute atomic E-state index is 14.0. The van der Waals surface area contributed by atoms with Crippen molar-refractivity contribution in [1.29, 1.82) is 0 Å². The summed E-state index contributed by atoms with van der Waals surface area (Å²) < 4.78 is 64.7. The number of carbonyl (C=O) groups excluding carboxylic acids is 2. The Balaban J connectivity index is 1.23. The van der Waals surface area contributed by atoms with Crippen molar-refractivity contribution in [2.24, 2.45) is 0 Å². The lowest BCUT2D eigenvalue weighted by atomic mass is 10.1. The van der Waals surface area contributed by atoms with Crippen molar-refractivity contribution in [3.8, 4) is 0 Å². The molecule has 3 aromatic heterocycles. The number of benzene rings is 1. The van der Waals surface area contributed by atoms with Crippen LogP contribution in [-0.4, -0.2) is 132 Å². The fourth-order valence-corrected chi connectivity index (χ4v) is 10.0. The lowest BCUT2D eigenvalue weighted by Gasteiger charge is -2.26. The first-order valence-electron chi connectivity index (χ1n) is 19.1. The maximum atomic E-state index is 14.0. The van der Waals surface area contributed by atoms with Gasteiger partial charge >= 0.3 is 33.4 Å². The third-order valence-corrected chi connectivity index (χ3v) is 14.0. The molecule has 4 aromatic rings. The Kier molecular flexibility index (Phi) is 15.8. The van der Waals surface area contributed by atoms with Crippen molar-refractivity contribution in [2.75, 3.05) is 36.2 Å². The van der Waals surface area contributed by atoms with E-state index < -0.39 is 102 Å². The van der Waals surface area contributed by atoms with Crippen LogP contribution in [0, 0.1) is 0 Å². The summed E-state index contributed by atoms with van der Waals surface area (Å²) >= 11 is 0. The van der Waals surface area contributed by atoms with E-state index in [1.54, 1.807) is 24.3 Å². The number of nitrogens with zero attached hydrogens (tertiary/aromatic N) is 6. The standard InChI is InChI=1S/C34H46N10O17P2S2/c1-34(2,3)65-64-13-18(41-33(49)55-10-16-4-6-17(35)7-5-16)31(47)60-25-19(58-30(23(25)45)44-15-40-22-27(37)38-14-39-28(22)44)12-57-63(53,54)61-26-20(11-56-62(50,51)52)59-29(24(26)46)43-9-8-21(36)42-32(43)48/h4-9,14-15,18-20,23-26,29-30,45-46H,10-13,35H2,1-3H3,(H,41,49)(H,53,54)(H2,36,42,48)(H2,37,38,39)(H2,50,51,52)/t18-,19+,20+,23+,24+,25+,26+,29+,30+/m0/s1. The molecule has 10 atom stereocenters. The molecule has 356 valence electrons. The smallest absolute Gasteiger partial charge is 0.455 e. The molecule has 1 unspecified atom stereocenters. The first kappa shape index (κ1) is 50.0. The number of fused-ring (bicyclic) bond motifs is 1. The molecule has 31 heteroatoms. The molecule has 2 aliphatic heterocycles. The second-order valence-electron chi connectivity index (χ2n) is 15.3. The summed E-state index contributed by atoms with van der Waals surface area (Å²) in [6.45, 7) is 3.60. The van der Waals surface area contributed by atoms with Crippen LogP contribution in [0.25, 0.3) is 11.2 Å². The number of esters is 1. The van der Waals surface area contributed by atoms with Crippen LogP contribution in [0.3, 0.4) is 0 Å². The van der Waals surface area contributed by atoms with E-state index in [9.17, 15) is 48.4 Å². The van der Waals surface area contributed by atoms with Gasteiger partial charge in [0.05, 0.1) is 19.5 Å². The lowest BCUT2D eigenvalue weighted by Crippen LogP contribution is -2.48. The highest BCUT2D eigenvalue weighted by Crippen LogP contribution is 2.50. The Morgan fingerprint density at radius 1 is 0.923 bits per heavy atom. The molecule has 1 amide bonds. The average Bonchev–Trinajstić information content (AvgIpc) is 3.88. The first-order chi connectivity index (χ1) is 30.5. The minimum atomic E-state index is -5.44. The number of aromatic nitrogens is 6. The summed E-state index contributed by atoms with van der Waals surface area (Å²) in [4.78, 5) is 85.0. The number of carbonyl (C=O) groups is 2.